The van der Waals surface area contributed by atoms with Gasteiger partial charge in [-0.25, -0.2) is 9.97 Å². The number of nitrogens with zero attached hydrogens (tertiary/aromatic N) is 3. The van der Waals surface area contributed by atoms with E-state index in [-0.39, 0.29) is 0 Å². The highest BCUT2D eigenvalue weighted by atomic mass is 32.2. The summed E-state index contributed by atoms with van der Waals surface area (Å²) in [6.07, 6.45) is 5.46. The molecule has 1 saturated carbocycles. The van der Waals surface area contributed by atoms with Crippen LogP contribution in [0.4, 0.5) is 0 Å². The molecule has 19 heavy (non-hydrogen) atoms. The van der Waals surface area contributed by atoms with Crippen LogP contribution in [-0.2, 0) is 13.0 Å². The molecular weight excluding hydrogens is 276 g/mol. The van der Waals surface area contributed by atoms with Crippen molar-refractivity contribution < 1.29 is 0 Å². The van der Waals surface area contributed by atoms with Crippen LogP contribution in [0.25, 0.3) is 0 Å². The molecule has 0 aromatic carbocycles. The molecule has 2 aromatic rings. The molecule has 2 heterocycles. The molecule has 1 N–H and O–H groups in total. The topological polar surface area (TPSA) is 50.7 Å². The summed E-state index contributed by atoms with van der Waals surface area (Å²) in [6.45, 7) is 2.98. The monoisotopic (exact) mass is 292 g/mol. The summed E-state index contributed by atoms with van der Waals surface area (Å²) < 4.78 is 5.24. The van der Waals surface area contributed by atoms with Gasteiger partial charge in [0.1, 0.15) is 10.9 Å². The van der Waals surface area contributed by atoms with E-state index in [4.69, 9.17) is 0 Å². The van der Waals surface area contributed by atoms with Crippen molar-refractivity contribution in [3.63, 3.8) is 0 Å². The Morgan fingerprint density at radius 3 is 2.95 bits per heavy atom. The normalized spacial score (nSPS) is 14.8. The molecular formula is C13H16N4S2. The number of hydrogen-bond donors (Lipinski definition) is 1. The van der Waals surface area contributed by atoms with Crippen LogP contribution in [0.1, 0.15) is 31.2 Å². The Balaban J connectivity index is 1.58. The van der Waals surface area contributed by atoms with Crippen molar-refractivity contribution in [3.8, 4) is 0 Å². The number of nitrogens with one attached hydrogen (secondary N) is 1. The van der Waals surface area contributed by atoms with Crippen molar-refractivity contribution in [2.75, 3.05) is 0 Å². The van der Waals surface area contributed by atoms with Crippen LogP contribution in [0.3, 0.4) is 0 Å². The summed E-state index contributed by atoms with van der Waals surface area (Å²) in [5, 5.41) is 4.47. The molecule has 4 nitrogen and oxygen atoms in total. The van der Waals surface area contributed by atoms with Crippen molar-refractivity contribution in [2.24, 2.45) is 0 Å². The third-order valence-electron chi connectivity index (χ3n) is 2.93. The lowest BCUT2D eigenvalue weighted by atomic mass is 10.3. The summed E-state index contributed by atoms with van der Waals surface area (Å²) in [6, 6.07) is 4.93. The van der Waals surface area contributed by atoms with Crippen molar-refractivity contribution in [3.05, 3.63) is 29.7 Å². The lowest BCUT2D eigenvalue weighted by Crippen LogP contribution is -2.15. The quantitative estimate of drug-likeness (QED) is 0.887. The SMILES string of the molecule is CCc1nsc(Sc2ccc(CNC3CC3)cn2)n1. The Kier molecular flexibility index (Phi) is 4.10. The number of aromatic nitrogens is 3. The van der Waals surface area contributed by atoms with Crippen LogP contribution >= 0.6 is 23.3 Å². The molecule has 3 rings (SSSR count). The Morgan fingerprint density at radius 1 is 1.42 bits per heavy atom. The van der Waals surface area contributed by atoms with Gasteiger partial charge < -0.3 is 5.32 Å². The highest BCUT2D eigenvalue weighted by molar-refractivity contribution is 8.00. The van der Waals surface area contributed by atoms with Gasteiger partial charge in [0.15, 0.2) is 4.34 Å². The van der Waals surface area contributed by atoms with Crippen molar-refractivity contribution >= 4 is 23.3 Å². The van der Waals surface area contributed by atoms with Gasteiger partial charge in [-0.15, -0.1) is 0 Å². The fourth-order valence-corrected chi connectivity index (χ4v) is 3.23. The van der Waals surface area contributed by atoms with E-state index in [1.807, 2.05) is 6.20 Å². The van der Waals surface area contributed by atoms with Gasteiger partial charge in [-0.3, -0.25) is 0 Å². The largest absolute Gasteiger partial charge is 0.310 e. The highest BCUT2D eigenvalue weighted by Crippen LogP contribution is 2.27. The van der Waals surface area contributed by atoms with Gasteiger partial charge in [-0.2, -0.15) is 4.37 Å². The summed E-state index contributed by atoms with van der Waals surface area (Å²) in [5.41, 5.74) is 1.24. The third kappa shape index (κ3) is 3.75. The first-order valence-electron chi connectivity index (χ1n) is 6.52. The number of pyridine rings is 1. The van der Waals surface area contributed by atoms with E-state index in [1.165, 1.54) is 29.9 Å². The minimum absolute atomic E-state index is 0.739. The summed E-state index contributed by atoms with van der Waals surface area (Å²) >= 11 is 3.03. The van der Waals surface area contributed by atoms with Crippen molar-refractivity contribution in [2.45, 2.75) is 48.1 Å². The zero-order valence-corrected chi connectivity index (χ0v) is 12.4. The number of aryl methyl sites for hydroxylation is 1. The van der Waals surface area contributed by atoms with E-state index in [0.29, 0.717) is 0 Å². The fourth-order valence-electron chi connectivity index (χ4n) is 1.64. The minimum atomic E-state index is 0.739. The van der Waals surface area contributed by atoms with Gasteiger partial charge in [-0.1, -0.05) is 13.0 Å². The van der Waals surface area contributed by atoms with Gasteiger partial charge in [0, 0.05) is 25.2 Å². The van der Waals surface area contributed by atoms with Crippen LogP contribution in [-0.4, -0.2) is 20.4 Å². The summed E-state index contributed by atoms with van der Waals surface area (Å²) in [4.78, 5) is 8.90. The zero-order valence-electron chi connectivity index (χ0n) is 10.8. The molecule has 0 amide bonds. The molecule has 1 aliphatic rings. The van der Waals surface area contributed by atoms with Gasteiger partial charge in [0.2, 0.25) is 0 Å². The molecule has 0 saturated heterocycles. The summed E-state index contributed by atoms with van der Waals surface area (Å²) in [7, 11) is 0. The van der Waals surface area contributed by atoms with Crippen molar-refractivity contribution in [1.82, 2.24) is 19.7 Å². The van der Waals surface area contributed by atoms with Crippen molar-refractivity contribution in [1.29, 1.82) is 0 Å². The lowest BCUT2D eigenvalue weighted by molar-refractivity contribution is 0.685. The first-order chi connectivity index (χ1) is 9.33. The van der Waals surface area contributed by atoms with E-state index in [0.717, 1.165) is 34.2 Å². The maximum atomic E-state index is 4.47. The Bertz CT molecular complexity index is 534. The van der Waals surface area contributed by atoms with Crippen LogP contribution in [0.5, 0.6) is 0 Å². The first-order valence-corrected chi connectivity index (χ1v) is 8.11. The summed E-state index contributed by atoms with van der Waals surface area (Å²) in [5.74, 6) is 0.915. The molecule has 6 heteroatoms. The van der Waals surface area contributed by atoms with Gasteiger partial charge >= 0.3 is 0 Å². The van der Waals surface area contributed by atoms with E-state index in [2.05, 4.69) is 38.7 Å². The lowest BCUT2D eigenvalue weighted by Gasteiger charge is -2.03. The van der Waals surface area contributed by atoms with Gasteiger partial charge in [-0.05, 0) is 47.8 Å². The van der Waals surface area contributed by atoms with Crippen LogP contribution < -0.4 is 5.32 Å². The maximum Gasteiger partial charge on any atom is 0.176 e. The molecule has 0 spiro atoms. The standard InChI is InChI=1S/C13H16N4S2/c1-2-11-16-13(19-17-11)18-12-6-3-9(8-15-12)7-14-10-4-5-10/h3,6,8,10,14H,2,4-5,7H2,1H3. The second kappa shape index (κ2) is 5.98. The second-order valence-corrected chi connectivity index (χ2v) is 6.61. The number of hydrogen-bond acceptors (Lipinski definition) is 6. The Morgan fingerprint density at radius 2 is 2.32 bits per heavy atom. The molecule has 1 fully saturated rings. The molecule has 0 unspecified atom stereocenters. The van der Waals surface area contributed by atoms with Gasteiger partial charge in [0.25, 0.3) is 0 Å². The predicted octanol–water partition coefficient (Wildman–Crippen LogP) is 2.90. The van der Waals surface area contributed by atoms with E-state index in [1.54, 1.807) is 11.8 Å². The molecule has 0 radical (unpaired) electrons. The average molecular weight is 292 g/mol. The van der Waals surface area contributed by atoms with E-state index < -0.39 is 0 Å². The Hall–Kier alpha value is -0.980. The zero-order chi connectivity index (χ0) is 13.1. The molecule has 100 valence electrons. The smallest absolute Gasteiger partial charge is 0.176 e. The fraction of sp³-hybridized carbons (Fsp3) is 0.462. The minimum Gasteiger partial charge on any atom is -0.310 e. The van der Waals surface area contributed by atoms with E-state index >= 15 is 0 Å². The van der Waals surface area contributed by atoms with Crippen LogP contribution in [0.2, 0.25) is 0 Å². The highest BCUT2D eigenvalue weighted by Gasteiger charge is 2.19. The van der Waals surface area contributed by atoms with Crippen LogP contribution in [0, 0.1) is 0 Å². The predicted molar refractivity (Wildman–Crippen MR) is 77.5 cm³/mol. The first kappa shape index (κ1) is 13.0. The third-order valence-corrected chi connectivity index (χ3v) is 4.67. The molecule has 0 bridgehead atoms. The number of rotatable bonds is 6. The second-order valence-electron chi connectivity index (χ2n) is 4.59. The maximum absolute atomic E-state index is 4.47. The molecule has 0 atom stereocenters. The molecule has 1 aliphatic carbocycles. The Labute approximate surface area is 121 Å². The van der Waals surface area contributed by atoms with Crippen LogP contribution in [0.15, 0.2) is 27.7 Å². The molecule has 2 aromatic heterocycles. The van der Waals surface area contributed by atoms with E-state index in [9.17, 15) is 0 Å². The average Bonchev–Trinajstić information content (AvgIpc) is 3.17. The van der Waals surface area contributed by atoms with Gasteiger partial charge in [0.05, 0.1) is 0 Å². The molecule has 0 aliphatic heterocycles.